The monoisotopic (exact) mass is 489 g/mol. The molecule has 0 spiro atoms. The summed E-state index contributed by atoms with van der Waals surface area (Å²) in [7, 11) is -3.70. The molecule has 3 aromatic rings. The van der Waals surface area contributed by atoms with E-state index < -0.39 is 28.5 Å². The van der Waals surface area contributed by atoms with Gasteiger partial charge in [0.05, 0.1) is 18.1 Å². The quantitative estimate of drug-likeness (QED) is 0.488. The van der Waals surface area contributed by atoms with Crippen molar-refractivity contribution in [2.24, 2.45) is 0 Å². The van der Waals surface area contributed by atoms with E-state index in [1.165, 1.54) is 39.2 Å². The number of esters is 1. The van der Waals surface area contributed by atoms with E-state index in [2.05, 4.69) is 20.3 Å². The van der Waals surface area contributed by atoms with Gasteiger partial charge in [-0.1, -0.05) is 6.07 Å². The second-order valence-corrected chi connectivity index (χ2v) is 9.57. The van der Waals surface area contributed by atoms with Crippen LogP contribution in [0.15, 0.2) is 53.0 Å². The molecule has 1 fully saturated rings. The first kappa shape index (κ1) is 22.9. The fraction of sp³-hybridized carbons (Fsp3) is 0.250. The number of hydrogen-bond donors (Lipinski definition) is 1. The van der Waals surface area contributed by atoms with E-state index in [0.29, 0.717) is 24.0 Å². The normalized spacial score (nSPS) is 14.5. The molecule has 0 radical (unpaired) electrons. The standard InChI is InChI=1S/C20H19N5O6S2/c26-17(12-31-20(27)16-13-32-19(24-16)18-21-5-2-6-22-18)23-14-3-1-4-15(11-14)33(28,29)25-7-9-30-10-8-25/h1-6,11,13H,7-10,12H2,(H,23,26). The fourth-order valence-electron chi connectivity index (χ4n) is 2.95. The summed E-state index contributed by atoms with van der Waals surface area (Å²) < 4.78 is 37.1. The third kappa shape index (κ3) is 5.57. The number of carbonyl (C=O) groups is 2. The van der Waals surface area contributed by atoms with Gasteiger partial charge in [-0.2, -0.15) is 4.31 Å². The summed E-state index contributed by atoms with van der Waals surface area (Å²) in [6.07, 6.45) is 3.13. The number of hydrogen-bond acceptors (Lipinski definition) is 10. The van der Waals surface area contributed by atoms with Crippen molar-refractivity contribution in [3.05, 3.63) is 53.8 Å². The van der Waals surface area contributed by atoms with Crippen molar-refractivity contribution in [3.8, 4) is 10.8 Å². The van der Waals surface area contributed by atoms with Gasteiger partial charge < -0.3 is 14.8 Å². The molecule has 1 aliphatic rings. The first-order valence-electron chi connectivity index (χ1n) is 9.81. The summed E-state index contributed by atoms with van der Waals surface area (Å²) in [5, 5.41) is 4.47. The molecule has 172 valence electrons. The van der Waals surface area contributed by atoms with Gasteiger partial charge in [-0.05, 0) is 24.3 Å². The molecular formula is C20H19N5O6S2. The largest absolute Gasteiger partial charge is 0.451 e. The second-order valence-electron chi connectivity index (χ2n) is 6.78. The lowest BCUT2D eigenvalue weighted by atomic mass is 10.3. The van der Waals surface area contributed by atoms with E-state index in [9.17, 15) is 18.0 Å². The van der Waals surface area contributed by atoms with E-state index >= 15 is 0 Å². The summed E-state index contributed by atoms with van der Waals surface area (Å²) in [6.45, 7) is 0.640. The Morgan fingerprint density at radius 2 is 1.91 bits per heavy atom. The Kier molecular flexibility index (Phi) is 7.03. The number of morpholine rings is 1. The van der Waals surface area contributed by atoms with Crippen LogP contribution in [0.25, 0.3) is 10.8 Å². The summed E-state index contributed by atoms with van der Waals surface area (Å²) in [4.78, 5) is 36.8. The maximum atomic E-state index is 12.8. The zero-order valence-electron chi connectivity index (χ0n) is 17.2. The van der Waals surface area contributed by atoms with E-state index in [-0.39, 0.29) is 29.4 Å². The van der Waals surface area contributed by atoms with Crippen molar-refractivity contribution >= 4 is 38.9 Å². The Morgan fingerprint density at radius 3 is 2.67 bits per heavy atom. The molecule has 11 nitrogen and oxygen atoms in total. The number of thiazole rings is 1. The van der Waals surface area contributed by atoms with Gasteiger partial charge in [0.25, 0.3) is 5.91 Å². The molecule has 13 heteroatoms. The number of aromatic nitrogens is 3. The van der Waals surface area contributed by atoms with E-state index in [1.807, 2.05) is 0 Å². The maximum Gasteiger partial charge on any atom is 0.358 e. The molecule has 1 aromatic carbocycles. The molecule has 33 heavy (non-hydrogen) atoms. The van der Waals surface area contributed by atoms with Crippen molar-refractivity contribution in [2.45, 2.75) is 4.90 Å². The highest BCUT2D eigenvalue weighted by atomic mass is 32.2. The van der Waals surface area contributed by atoms with Crippen molar-refractivity contribution in [1.82, 2.24) is 19.3 Å². The van der Waals surface area contributed by atoms with Gasteiger partial charge in [-0.25, -0.2) is 28.2 Å². The van der Waals surface area contributed by atoms with E-state index in [4.69, 9.17) is 9.47 Å². The summed E-state index contributed by atoms with van der Waals surface area (Å²) in [5.74, 6) is -1.01. The van der Waals surface area contributed by atoms with Crippen LogP contribution in [0.1, 0.15) is 10.5 Å². The van der Waals surface area contributed by atoms with Gasteiger partial charge in [0, 0.05) is 36.6 Å². The minimum Gasteiger partial charge on any atom is -0.451 e. The van der Waals surface area contributed by atoms with Gasteiger partial charge in [0.1, 0.15) is 0 Å². The highest BCUT2D eigenvalue weighted by Gasteiger charge is 2.26. The van der Waals surface area contributed by atoms with Crippen LogP contribution < -0.4 is 5.32 Å². The van der Waals surface area contributed by atoms with Crippen molar-refractivity contribution in [3.63, 3.8) is 0 Å². The summed E-state index contributed by atoms with van der Waals surface area (Å²) in [6, 6.07) is 7.55. The number of amides is 1. The number of anilines is 1. The lowest BCUT2D eigenvalue weighted by Crippen LogP contribution is -2.40. The van der Waals surface area contributed by atoms with Crippen LogP contribution >= 0.6 is 11.3 Å². The van der Waals surface area contributed by atoms with Crippen molar-refractivity contribution in [2.75, 3.05) is 38.2 Å². The Bertz CT molecular complexity index is 1240. The average molecular weight is 490 g/mol. The predicted octanol–water partition coefficient (Wildman–Crippen LogP) is 1.42. The third-order valence-corrected chi connectivity index (χ3v) is 7.26. The van der Waals surface area contributed by atoms with Crippen molar-refractivity contribution < 1.29 is 27.5 Å². The highest BCUT2D eigenvalue weighted by Crippen LogP contribution is 2.21. The smallest absolute Gasteiger partial charge is 0.358 e. The van der Waals surface area contributed by atoms with Crippen molar-refractivity contribution in [1.29, 1.82) is 0 Å². The van der Waals surface area contributed by atoms with Gasteiger partial charge in [0.2, 0.25) is 10.0 Å². The van der Waals surface area contributed by atoms with Gasteiger partial charge in [-0.15, -0.1) is 11.3 Å². The number of rotatable bonds is 7. The zero-order valence-corrected chi connectivity index (χ0v) is 18.8. The van der Waals surface area contributed by atoms with Crippen LogP contribution in [0.3, 0.4) is 0 Å². The molecule has 0 saturated carbocycles. The maximum absolute atomic E-state index is 12.8. The number of ether oxygens (including phenoxy) is 2. The number of nitrogens with one attached hydrogen (secondary N) is 1. The van der Waals surface area contributed by atoms with Gasteiger partial charge in [-0.3, -0.25) is 4.79 Å². The summed E-state index contributed by atoms with van der Waals surface area (Å²) >= 11 is 1.18. The third-order valence-electron chi connectivity index (χ3n) is 4.53. The highest BCUT2D eigenvalue weighted by molar-refractivity contribution is 7.89. The fourth-order valence-corrected chi connectivity index (χ4v) is 5.14. The second kappa shape index (κ2) is 10.1. The van der Waals surface area contributed by atoms with Crippen LogP contribution in [0.2, 0.25) is 0 Å². The lowest BCUT2D eigenvalue weighted by molar-refractivity contribution is -0.119. The van der Waals surface area contributed by atoms with Gasteiger partial charge in [0.15, 0.2) is 23.1 Å². The van der Waals surface area contributed by atoms with Crippen LogP contribution in [-0.2, 0) is 24.3 Å². The zero-order chi connectivity index (χ0) is 23.3. The SMILES string of the molecule is O=C(COC(=O)c1csc(-c2ncccn2)n1)Nc1cccc(S(=O)(=O)N2CCOCC2)c1. The van der Waals surface area contributed by atoms with Crippen LogP contribution in [0.5, 0.6) is 0 Å². The average Bonchev–Trinajstić information content (AvgIpc) is 3.34. The van der Waals surface area contributed by atoms with E-state index in [0.717, 1.165) is 0 Å². The molecule has 1 aliphatic heterocycles. The molecule has 0 atom stereocenters. The minimum absolute atomic E-state index is 0.0360. The number of carbonyl (C=O) groups excluding carboxylic acids is 2. The van der Waals surface area contributed by atoms with E-state index in [1.54, 1.807) is 24.5 Å². The topological polar surface area (TPSA) is 141 Å². The lowest BCUT2D eigenvalue weighted by Gasteiger charge is -2.26. The van der Waals surface area contributed by atoms with Crippen LogP contribution in [0.4, 0.5) is 5.69 Å². The Morgan fingerprint density at radius 1 is 1.15 bits per heavy atom. The molecule has 4 rings (SSSR count). The minimum atomic E-state index is -3.70. The number of nitrogens with zero attached hydrogens (tertiary/aromatic N) is 4. The molecule has 1 saturated heterocycles. The Balaban J connectivity index is 1.34. The van der Waals surface area contributed by atoms with Crippen LogP contribution in [-0.4, -0.2) is 72.5 Å². The number of benzene rings is 1. The molecular weight excluding hydrogens is 470 g/mol. The molecule has 0 bridgehead atoms. The number of sulfonamides is 1. The molecule has 1 N–H and O–H groups in total. The van der Waals surface area contributed by atoms with Gasteiger partial charge >= 0.3 is 5.97 Å². The summed E-state index contributed by atoms with van der Waals surface area (Å²) in [5.41, 5.74) is 0.302. The first-order chi connectivity index (χ1) is 15.9. The molecule has 3 heterocycles. The molecule has 1 amide bonds. The molecule has 2 aromatic heterocycles. The Labute approximate surface area is 193 Å². The van der Waals surface area contributed by atoms with Crippen LogP contribution in [0, 0.1) is 0 Å². The predicted molar refractivity (Wildman–Crippen MR) is 118 cm³/mol. The molecule has 0 aliphatic carbocycles. The Hall–Kier alpha value is -3.26. The first-order valence-corrected chi connectivity index (χ1v) is 12.1. The molecule has 0 unspecified atom stereocenters.